The van der Waals surface area contributed by atoms with Crippen LogP contribution in [0.25, 0.3) is 0 Å². The van der Waals surface area contributed by atoms with Gasteiger partial charge in [0.2, 0.25) is 21.1 Å². The van der Waals surface area contributed by atoms with Crippen LogP contribution in [-0.2, 0) is 21.9 Å². The molecule has 3 aromatic rings. The molecule has 1 amide bonds. The van der Waals surface area contributed by atoms with E-state index in [1.54, 1.807) is 36.2 Å². The Labute approximate surface area is 191 Å². The first-order valence-electron chi connectivity index (χ1n) is 10.2. The Hall–Kier alpha value is -2.76. The van der Waals surface area contributed by atoms with E-state index in [1.807, 2.05) is 37.3 Å². The summed E-state index contributed by atoms with van der Waals surface area (Å²) in [5.74, 6) is -0.0636. The highest BCUT2D eigenvalue weighted by atomic mass is 32.2. The molecule has 0 aliphatic carbocycles. The van der Waals surface area contributed by atoms with E-state index in [2.05, 4.69) is 15.5 Å². The van der Waals surface area contributed by atoms with E-state index in [0.717, 1.165) is 11.1 Å². The minimum Gasteiger partial charge on any atom is -0.321 e. The maximum absolute atomic E-state index is 13.6. The number of sulfonamides is 1. The third kappa shape index (κ3) is 4.54. The van der Waals surface area contributed by atoms with Gasteiger partial charge in [0.25, 0.3) is 0 Å². The predicted molar refractivity (Wildman–Crippen MR) is 120 cm³/mol. The summed E-state index contributed by atoms with van der Waals surface area (Å²) in [7, 11) is -2.11. The first-order valence-corrected chi connectivity index (χ1v) is 12.6. The molecule has 2 heterocycles. The summed E-state index contributed by atoms with van der Waals surface area (Å²) < 4.78 is 30.1. The predicted octanol–water partition coefficient (Wildman–Crippen LogP) is 2.23. The van der Waals surface area contributed by atoms with Gasteiger partial charge in [-0.2, -0.15) is 4.31 Å². The molecular weight excluding hydrogens is 448 g/mol. The average Bonchev–Trinajstić information content (AvgIpc) is 3.22. The number of nitrogens with zero attached hydrogens (tertiary/aromatic N) is 6. The van der Waals surface area contributed by atoms with Crippen molar-refractivity contribution in [2.24, 2.45) is 7.05 Å². The van der Waals surface area contributed by atoms with Gasteiger partial charge in [-0.05, 0) is 41.5 Å². The van der Waals surface area contributed by atoms with Crippen LogP contribution < -0.4 is 0 Å². The fraction of sp³-hybridized carbons (Fsp3) is 0.333. The number of thioether (sulfide) groups is 1. The quantitative estimate of drug-likeness (QED) is 0.507. The molecular formula is C21H24N6O3S2. The molecule has 1 saturated heterocycles. The summed E-state index contributed by atoms with van der Waals surface area (Å²) in [5.41, 5.74) is 1.73. The second kappa shape index (κ2) is 9.39. The third-order valence-electron chi connectivity index (χ3n) is 5.30. The molecule has 1 fully saturated rings. The van der Waals surface area contributed by atoms with E-state index in [9.17, 15) is 13.2 Å². The van der Waals surface area contributed by atoms with E-state index in [-0.39, 0.29) is 16.6 Å². The molecule has 0 N–H and O–H groups in total. The van der Waals surface area contributed by atoms with Gasteiger partial charge in [-0.1, -0.05) is 59.8 Å². The Bertz CT molecular complexity index is 1180. The molecule has 168 valence electrons. The number of hydrogen-bond donors (Lipinski definition) is 0. The minimum atomic E-state index is -3.81. The summed E-state index contributed by atoms with van der Waals surface area (Å²) in [5, 5.41) is 11.8. The lowest BCUT2D eigenvalue weighted by Crippen LogP contribution is -2.52. The molecule has 1 aliphatic heterocycles. The number of amides is 1. The van der Waals surface area contributed by atoms with Crippen LogP contribution in [-0.4, -0.2) is 62.6 Å². The first kappa shape index (κ1) is 22.4. The highest BCUT2D eigenvalue weighted by Crippen LogP contribution is 2.35. The van der Waals surface area contributed by atoms with E-state index >= 15 is 0 Å². The van der Waals surface area contributed by atoms with Gasteiger partial charge >= 0.3 is 0 Å². The van der Waals surface area contributed by atoms with E-state index in [1.165, 1.54) is 20.7 Å². The zero-order valence-corrected chi connectivity index (χ0v) is 19.5. The monoisotopic (exact) mass is 472 g/mol. The second-order valence-corrected chi connectivity index (χ2v) is 10.4. The number of carbonyl (C=O) groups excluding carboxylic acids is 1. The van der Waals surface area contributed by atoms with Crippen LogP contribution >= 0.6 is 11.8 Å². The summed E-state index contributed by atoms with van der Waals surface area (Å²) >= 11 is 1.23. The Balaban J connectivity index is 1.66. The molecule has 0 bridgehead atoms. The van der Waals surface area contributed by atoms with Crippen molar-refractivity contribution in [3.05, 3.63) is 65.7 Å². The molecule has 0 unspecified atom stereocenters. The van der Waals surface area contributed by atoms with Gasteiger partial charge in [0, 0.05) is 20.1 Å². The van der Waals surface area contributed by atoms with Gasteiger partial charge in [-0.15, -0.1) is 5.10 Å². The third-order valence-corrected chi connectivity index (χ3v) is 8.16. The molecule has 2 aromatic carbocycles. The normalized spacial score (nSPS) is 17.4. The van der Waals surface area contributed by atoms with E-state index in [4.69, 9.17) is 0 Å². The molecule has 0 radical (unpaired) electrons. The van der Waals surface area contributed by atoms with Crippen molar-refractivity contribution in [2.75, 3.05) is 18.8 Å². The summed E-state index contributed by atoms with van der Waals surface area (Å²) in [4.78, 5) is 15.1. The standard InChI is InChI=1S/C21H24N6O3S2/c1-16-9-11-18(12-10-16)32(29,30)27-14-6-13-26(20(27)17-7-4-3-5-8-17)19(28)15-31-21-22-23-24-25(21)2/h3-5,7-12,20H,6,13-15H2,1-2H3/t20-/m1/s1. The van der Waals surface area contributed by atoms with Crippen LogP contribution in [0.1, 0.15) is 23.7 Å². The lowest BCUT2D eigenvalue weighted by molar-refractivity contribution is -0.135. The van der Waals surface area contributed by atoms with E-state index in [0.29, 0.717) is 24.7 Å². The summed E-state index contributed by atoms with van der Waals surface area (Å²) in [6.07, 6.45) is -0.168. The maximum atomic E-state index is 13.6. The Morgan fingerprint density at radius 1 is 1.09 bits per heavy atom. The number of carbonyl (C=O) groups is 1. The van der Waals surface area contributed by atoms with Crippen molar-refractivity contribution in [1.29, 1.82) is 0 Å². The zero-order valence-electron chi connectivity index (χ0n) is 17.8. The number of aromatic nitrogens is 4. The highest BCUT2D eigenvalue weighted by Gasteiger charge is 2.40. The zero-order chi connectivity index (χ0) is 22.7. The van der Waals surface area contributed by atoms with Gasteiger partial charge in [0.05, 0.1) is 10.6 Å². The van der Waals surface area contributed by atoms with Crippen molar-refractivity contribution in [3.63, 3.8) is 0 Å². The topological polar surface area (TPSA) is 101 Å². The van der Waals surface area contributed by atoms with Crippen LogP contribution in [0.5, 0.6) is 0 Å². The number of hydrogen-bond acceptors (Lipinski definition) is 7. The van der Waals surface area contributed by atoms with Crippen LogP contribution in [0.4, 0.5) is 0 Å². The van der Waals surface area contributed by atoms with Crippen molar-refractivity contribution in [1.82, 2.24) is 29.4 Å². The number of rotatable bonds is 6. The SMILES string of the molecule is Cc1ccc(S(=O)(=O)N2CCCN(C(=O)CSc3nnnn3C)[C@H]2c2ccccc2)cc1. The maximum Gasteiger partial charge on any atom is 0.245 e. The largest absolute Gasteiger partial charge is 0.321 e. The van der Waals surface area contributed by atoms with Crippen molar-refractivity contribution in [3.8, 4) is 0 Å². The second-order valence-electron chi connectivity index (χ2n) is 7.53. The van der Waals surface area contributed by atoms with Crippen molar-refractivity contribution < 1.29 is 13.2 Å². The first-order chi connectivity index (χ1) is 15.4. The molecule has 1 aliphatic rings. The Kier molecular flexibility index (Phi) is 6.58. The van der Waals surface area contributed by atoms with Crippen LogP contribution in [0.2, 0.25) is 0 Å². The fourth-order valence-electron chi connectivity index (χ4n) is 3.68. The average molecular weight is 473 g/mol. The minimum absolute atomic E-state index is 0.107. The van der Waals surface area contributed by atoms with Gasteiger partial charge in [0.15, 0.2) is 0 Å². The number of benzene rings is 2. The molecule has 0 saturated carbocycles. The molecule has 1 aromatic heterocycles. The Morgan fingerprint density at radius 3 is 2.47 bits per heavy atom. The highest BCUT2D eigenvalue weighted by molar-refractivity contribution is 7.99. The van der Waals surface area contributed by atoms with Crippen LogP contribution in [0, 0.1) is 6.92 Å². The summed E-state index contributed by atoms with van der Waals surface area (Å²) in [6, 6.07) is 16.1. The number of tetrazole rings is 1. The summed E-state index contributed by atoms with van der Waals surface area (Å²) in [6.45, 7) is 2.71. The van der Waals surface area contributed by atoms with Gasteiger partial charge in [-0.3, -0.25) is 4.79 Å². The molecule has 4 rings (SSSR count). The van der Waals surface area contributed by atoms with Gasteiger partial charge in [0.1, 0.15) is 6.17 Å². The van der Waals surface area contributed by atoms with Gasteiger partial charge in [-0.25, -0.2) is 13.1 Å². The molecule has 1 atom stereocenters. The fourth-order valence-corrected chi connectivity index (χ4v) is 6.03. The smallest absolute Gasteiger partial charge is 0.245 e. The lowest BCUT2D eigenvalue weighted by atomic mass is 10.1. The van der Waals surface area contributed by atoms with Crippen molar-refractivity contribution in [2.45, 2.75) is 29.6 Å². The van der Waals surface area contributed by atoms with Crippen molar-refractivity contribution >= 4 is 27.7 Å². The Morgan fingerprint density at radius 2 is 1.81 bits per heavy atom. The lowest BCUT2D eigenvalue weighted by Gasteiger charge is -2.43. The molecule has 11 heteroatoms. The molecule has 32 heavy (non-hydrogen) atoms. The number of aryl methyl sites for hydroxylation is 2. The molecule has 9 nitrogen and oxygen atoms in total. The molecule has 0 spiro atoms. The van der Waals surface area contributed by atoms with Crippen LogP contribution in [0.3, 0.4) is 0 Å². The van der Waals surface area contributed by atoms with Gasteiger partial charge < -0.3 is 4.90 Å². The van der Waals surface area contributed by atoms with E-state index < -0.39 is 16.2 Å². The van der Waals surface area contributed by atoms with Crippen LogP contribution in [0.15, 0.2) is 64.6 Å².